The minimum absolute atomic E-state index is 0.0325. The molecule has 1 saturated heterocycles. The maximum atomic E-state index is 11.9. The predicted molar refractivity (Wildman–Crippen MR) is 81.3 cm³/mol. The summed E-state index contributed by atoms with van der Waals surface area (Å²) in [7, 11) is 0. The average Bonchev–Trinajstić information content (AvgIpc) is 2.97. The Bertz CT molecular complexity index is 465. The lowest BCUT2D eigenvalue weighted by Crippen LogP contribution is -2.36. The highest BCUT2D eigenvalue weighted by atomic mass is 16.5. The second-order valence-electron chi connectivity index (χ2n) is 5.32. The van der Waals surface area contributed by atoms with Gasteiger partial charge in [0.05, 0.1) is 12.7 Å². The van der Waals surface area contributed by atoms with Crippen LogP contribution in [0.1, 0.15) is 24.8 Å². The topological polar surface area (TPSA) is 73.6 Å². The van der Waals surface area contributed by atoms with Gasteiger partial charge in [-0.25, -0.2) is 0 Å². The first-order chi connectivity index (χ1) is 10.2. The number of nitrogens with two attached hydrogens (primary N) is 1. The maximum Gasteiger partial charge on any atom is 0.249 e. The molecule has 0 radical (unpaired) electrons. The van der Waals surface area contributed by atoms with E-state index in [1.165, 1.54) is 0 Å². The number of aryl methyl sites for hydroxylation is 1. The van der Waals surface area contributed by atoms with Gasteiger partial charge in [-0.1, -0.05) is 18.2 Å². The van der Waals surface area contributed by atoms with E-state index in [1.54, 1.807) is 0 Å². The van der Waals surface area contributed by atoms with Gasteiger partial charge in [-0.05, 0) is 37.8 Å². The summed E-state index contributed by atoms with van der Waals surface area (Å²) in [5.74, 6) is 0.857. The van der Waals surface area contributed by atoms with E-state index in [2.05, 4.69) is 5.32 Å². The Morgan fingerprint density at radius 3 is 2.95 bits per heavy atom. The van der Waals surface area contributed by atoms with Gasteiger partial charge in [-0.2, -0.15) is 0 Å². The number of benzene rings is 1. The van der Waals surface area contributed by atoms with Crippen LogP contribution in [0.5, 0.6) is 5.75 Å². The van der Waals surface area contributed by atoms with E-state index in [0.29, 0.717) is 19.7 Å². The van der Waals surface area contributed by atoms with E-state index in [4.69, 9.17) is 15.2 Å². The number of amides is 1. The minimum atomic E-state index is -0.337. The molecule has 21 heavy (non-hydrogen) atoms. The number of hydrogen-bond donors (Lipinski definition) is 2. The second-order valence-corrected chi connectivity index (χ2v) is 5.32. The number of rotatable bonds is 7. The van der Waals surface area contributed by atoms with Crippen LogP contribution in [0.25, 0.3) is 0 Å². The second kappa shape index (κ2) is 8.00. The highest BCUT2D eigenvalue weighted by molar-refractivity contribution is 5.80. The van der Waals surface area contributed by atoms with Gasteiger partial charge in [0, 0.05) is 13.1 Å². The molecule has 3 N–H and O–H groups in total. The van der Waals surface area contributed by atoms with Crippen molar-refractivity contribution >= 4 is 5.91 Å². The largest absolute Gasteiger partial charge is 0.493 e. The highest BCUT2D eigenvalue weighted by Gasteiger charge is 2.29. The van der Waals surface area contributed by atoms with Gasteiger partial charge in [0.1, 0.15) is 11.9 Å². The number of carbonyl (C=O) groups excluding carboxylic acids is 1. The molecule has 116 valence electrons. The summed E-state index contributed by atoms with van der Waals surface area (Å²) < 4.78 is 11.2. The molecule has 5 nitrogen and oxygen atoms in total. The fourth-order valence-electron chi connectivity index (χ4n) is 2.37. The summed E-state index contributed by atoms with van der Waals surface area (Å²) in [4.78, 5) is 11.9. The van der Waals surface area contributed by atoms with Crippen LogP contribution in [0.3, 0.4) is 0 Å². The first-order valence-electron chi connectivity index (χ1n) is 7.52. The van der Waals surface area contributed by atoms with Gasteiger partial charge in [0.25, 0.3) is 0 Å². The molecule has 0 unspecified atom stereocenters. The van der Waals surface area contributed by atoms with Crippen molar-refractivity contribution in [3.8, 4) is 5.75 Å². The molecule has 1 fully saturated rings. The van der Waals surface area contributed by atoms with E-state index in [9.17, 15) is 4.79 Å². The Morgan fingerprint density at radius 1 is 1.43 bits per heavy atom. The molecule has 1 aromatic carbocycles. The van der Waals surface area contributed by atoms with E-state index < -0.39 is 0 Å². The van der Waals surface area contributed by atoms with Crippen molar-refractivity contribution in [3.05, 3.63) is 29.8 Å². The highest BCUT2D eigenvalue weighted by Crippen LogP contribution is 2.19. The summed E-state index contributed by atoms with van der Waals surface area (Å²) in [6.07, 6.45) is 2.09. The first-order valence-corrected chi connectivity index (χ1v) is 7.52. The lowest BCUT2D eigenvalue weighted by Gasteiger charge is -2.13. The molecule has 0 aromatic heterocycles. The molecule has 2 rings (SSSR count). The molecule has 5 heteroatoms. The van der Waals surface area contributed by atoms with Gasteiger partial charge < -0.3 is 20.5 Å². The van der Waals surface area contributed by atoms with Gasteiger partial charge in [-0.15, -0.1) is 0 Å². The maximum absolute atomic E-state index is 11.9. The number of ether oxygens (including phenoxy) is 2. The normalized spacial score (nSPS) is 21.2. The molecule has 1 amide bonds. The van der Waals surface area contributed by atoms with Crippen molar-refractivity contribution in [3.63, 3.8) is 0 Å². The lowest BCUT2D eigenvalue weighted by atomic mass is 10.2. The summed E-state index contributed by atoms with van der Waals surface area (Å²) in [5.41, 5.74) is 6.65. The van der Waals surface area contributed by atoms with Crippen molar-refractivity contribution in [1.29, 1.82) is 0 Å². The van der Waals surface area contributed by atoms with Crippen molar-refractivity contribution in [2.45, 2.75) is 38.4 Å². The molecule has 2 atom stereocenters. The molecule has 1 aliphatic heterocycles. The van der Waals surface area contributed by atoms with E-state index >= 15 is 0 Å². The smallest absolute Gasteiger partial charge is 0.249 e. The van der Waals surface area contributed by atoms with Crippen LogP contribution in [-0.4, -0.2) is 37.8 Å². The molecule has 0 saturated carbocycles. The van der Waals surface area contributed by atoms with Crippen LogP contribution in [0, 0.1) is 6.92 Å². The fraction of sp³-hybridized carbons (Fsp3) is 0.562. The van der Waals surface area contributed by atoms with Crippen molar-refractivity contribution in [1.82, 2.24) is 5.32 Å². The van der Waals surface area contributed by atoms with Crippen molar-refractivity contribution in [2.75, 3.05) is 19.7 Å². The van der Waals surface area contributed by atoms with Crippen LogP contribution in [0.2, 0.25) is 0 Å². The lowest BCUT2D eigenvalue weighted by molar-refractivity contribution is -0.131. The van der Waals surface area contributed by atoms with Gasteiger partial charge in [0.2, 0.25) is 5.91 Å². The Labute approximate surface area is 125 Å². The van der Waals surface area contributed by atoms with Crippen LogP contribution in [0.4, 0.5) is 0 Å². The van der Waals surface area contributed by atoms with Crippen LogP contribution < -0.4 is 15.8 Å². The zero-order valence-corrected chi connectivity index (χ0v) is 12.5. The summed E-state index contributed by atoms with van der Waals surface area (Å²) >= 11 is 0. The monoisotopic (exact) mass is 292 g/mol. The minimum Gasteiger partial charge on any atom is -0.493 e. The van der Waals surface area contributed by atoms with E-state index in [1.807, 2.05) is 31.2 Å². The van der Waals surface area contributed by atoms with E-state index in [0.717, 1.165) is 30.6 Å². The first kappa shape index (κ1) is 15.8. The van der Waals surface area contributed by atoms with Gasteiger partial charge in [0.15, 0.2) is 0 Å². The molecule has 0 bridgehead atoms. The van der Waals surface area contributed by atoms with Crippen molar-refractivity contribution in [2.24, 2.45) is 5.73 Å². The molecule has 0 spiro atoms. The van der Waals surface area contributed by atoms with E-state index in [-0.39, 0.29) is 18.1 Å². The predicted octanol–water partition coefficient (Wildman–Crippen LogP) is 1.39. The molecule has 1 aliphatic rings. The Balaban J connectivity index is 1.60. The Hall–Kier alpha value is -1.59. The van der Waals surface area contributed by atoms with Crippen LogP contribution >= 0.6 is 0 Å². The molecule has 0 aliphatic carbocycles. The van der Waals surface area contributed by atoms with Gasteiger partial charge in [-0.3, -0.25) is 4.79 Å². The number of para-hydroxylation sites is 1. The quantitative estimate of drug-likeness (QED) is 0.745. The molecule has 1 heterocycles. The third-order valence-electron chi connectivity index (χ3n) is 3.63. The Morgan fingerprint density at radius 2 is 2.24 bits per heavy atom. The molecular weight excluding hydrogens is 268 g/mol. The summed E-state index contributed by atoms with van der Waals surface area (Å²) in [6, 6.07) is 7.91. The Kier molecular flexibility index (Phi) is 6.02. The third kappa shape index (κ3) is 4.72. The van der Waals surface area contributed by atoms with Crippen LogP contribution in [-0.2, 0) is 9.53 Å². The molecular formula is C16H24N2O3. The number of nitrogens with one attached hydrogen (secondary N) is 1. The zero-order chi connectivity index (χ0) is 15.1. The summed E-state index contributed by atoms with van der Waals surface area (Å²) in [5, 5.41) is 2.89. The standard InChI is InChI=1S/C16H24N2O3/c1-12-5-2-3-6-14(12)20-10-4-9-18-16(19)15-8-7-13(11-17)21-15/h2-3,5-6,13,15H,4,7-11,17H2,1H3,(H,18,19)/t13-,15+/m1/s1. The van der Waals surface area contributed by atoms with Crippen LogP contribution in [0.15, 0.2) is 24.3 Å². The molecule has 1 aromatic rings. The SMILES string of the molecule is Cc1ccccc1OCCCNC(=O)[C@@H]1CC[C@H](CN)O1. The number of carbonyl (C=O) groups is 1. The fourth-order valence-corrected chi connectivity index (χ4v) is 2.37. The van der Waals surface area contributed by atoms with Crippen molar-refractivity contribution < 1.29 is 14.3 Å². The average molecular weight is 292 g/mol. The summed E-state index contributed by atoms with van der Waals surface area (Å²) in [6.45, 7) is 3.68. The zero-order valence-electron chi connectivity index (χ0n) is 12.5. The number of hydrogen-bond acceptors (Lipinski definition) is 4. The third-order valence-corrected chi connectivity index (χ3v) is 3.63. The van der Waals surface area contributed by atoms with Gasteiger partial charge >= 0.3 is 0 Å².